The average molecular weight is 296 g/mol. The zero-order valence-corrected chi connectivity index (χ0v) is 11.7. The van der Waals surface area contributed by atoms with Crippen LogP contribution in [0.2, 0.25) is 5.02 Å². The minimum Gasteiger partial charge on any atom is -0.441 e. The van der Waals surface area contributed by atoms with Gasteiger partial charge in [-0.15, -0.1) is 0 Å². The van der Waals surface area contributed by atoms with Crippen LogP contribution in [-0.2, 0) is 6.42 Å². The van der Waals surface area contributed by atoms with Gasteiger partial charge < -0.3 is 9.73 Å². The third-order valence-corrected chi connectivity index (χ3v) is 2.97. The van der Waals surface area contributed by atoms with Gasteiger partial charge >= 0.3 is 0 Å². The number of rotatable bonds is 6. The Hall–Kier alpha value is -1.92. The molecular formula is C13H14ClN3O3. The van der Waals surface area contributed by atoms with Crippen LogP contribution in [0.15, 0.2) is 28.8 Å². The number of nitrogens with zero attached hydrogens (tertiary/aromatic N) is 2. The summed E-state index contributed by atoms with van der Waals surface area (Å²) < 4.78 is 5.59. The number of aromatic nitrogens is 1. The summed E-state index contributed by atoms with van der Waals surface area (Å²) in [7, 11) is 1.88. The van der Waals surface area contributed by atoms with E-state index < -0.39 is 4.92 Å². The van der Waals surface area contributed by atoms with E-state index in [1.807, 2.05) is 7.05 Å². The fourth-order valence-electron chi connectivity index (χ4n) is 1.80. The summed E-state index contributed by atoms with van der Waals surface area (Å²) in [5, 5.41) is 14.1. The van der Waals surface area contributed by atoms with Crippen LogP contribution in [0.25, 0.3) is 11.3 Å². The van der Waals surface area contributed by atoms with Crippen molar-refractivity contribution in [2.75, 3.05) is 13.6 Å². The third-order valence-electron chi connectivity index (χ3n) is 2.75. The number of halogens is 1. The van der Waals surface area contributed by atoms with Crippen LogP contribution in [0.5, 0.6) is 0 Å². The molecule has 1 heterocycles. The number of benzene rings is 1. The number of nitro groups is 1. The van der Waals surface area contributed by atoms with E-state index in [2.05, 4.69) is 10.3 Å². The van der Waals surface area contributed by atoms with E-state index in [1.54, 1.807) is 12.3 Å². The van der Waals surface area contributed by atoms with Gasteiger partial charge in [-0.2, -0.15) is 0 Å². The van der Waals surface area contributed by atoms with Crippen LogP contribution in [-0.4, -0.2) is 23.5 Å². The summed E-state index contributed by atoms with van der Waals surface area (Å²) >= 11 is 5.88. The van der Waals surface area contributed by atoms with Crippen molar-refractivity contribution in [3.63, 3.8) is 0 Å². The number of nitrogens with one attached hydrogen (secondary N) is 1. The summed E-state index contributed by atoms with van der Waals surface area (Å²) in [5.74, 6) is 1.09. The lowest BCUT2D eigenvalue weighted by Gasteiger charge is -1.99. The van der Waals surface area contributed by atoms with Gasteiger partial charge in [0.2, 0.25) is 0 Å². The topological polar surface area (TPSA) is 81.2 Å². The molecule has 1 aromatic heterocycles. The van der Waals surface area contributed by atoms with Gasteiger partial charge in [0, 0.05) is 29.1 Å². The molecule has 7 heteroatoms. The molecule has 0 radical (unpaired) electrons. The molecule has 0 atom stereocenters. The molecule has 1 N–H and O–H groups in total. The minimum atomic E-state index is -0.487. The number of hydrogen-bond acceptors (Lipinski definition) is 5. The second kappa shape index (κ2) is 6.49. The van der Waals surface area contributed by atoms with Crippen molar-refractivity contribution >= 4 is 17.3 Å². The summed E-state index contributed by atoms with van der Waals surface area (Å²) in [6, 6.07) is 4.34. The maximum Gasteiger partial charge on any atom is 0.271 e. The van der Waals surface area contributed by atoms with E-state index in [0.717, 1.165) is 13.0 Å². The van der Waals surface area contributed by atoms with E-state index in [1.165, 1.54) is 12.1 Å². The highest BCUT2D eigenvalue weighted by Crippen LogP contribution is 2.29. The van der Waals surface area contributed by atoms with E-state index in [-0.39, 0.29) is 5.69 Å². The molecule has 20 heavy (non-hydrogen) atoms. The van der Waals surface area contributed by atoms with Crippen molar-refractivity contribution < 1.29 is 9.34 Å². The van der Waals surface area contributed by atoms with E-state index in [0.29, 0.717) is 28.7 Å². The molecule has 0 amide bonds. The third kappa shape index (κ3) is 3.55. The predicted octanol–water partition coefficient (Wildman–Crippen LogP) is 3.06. The van der Waals surface area contributed by atoms with Crippen LogP contribution in [0.4, 0.5) is 5.69 Å². The highest BCUT2D eigenvalue weighted by Gasteiger charge is 2.13. The molecular weight excluding hydrogens is 282 g/mol. The lowest BCUT2D eigenvalue weighted by molar-refractivity contribution is -0.384. The Kier molecular flexibility index (Phi) is 4.70. The molecule has 0 aliphatic rings. The van der Waals surface area contributed by atoms with Gasteiger partial charge in [-0.3, -0.25) is 10.1 Å². The molecule has 0 saturated carbocycles. The molecule has 0 spiro atoms. The maximum absolute atomic E-state index is 10.8. The lowest BCUT2D eigenvalue weighted by atomic mass is 10.1. The van der Waals surface area contributed by atoms with E-state index >= 15 is 0 Å². The number of nitro benzene ring substituents is 1. The zero-order valence-electron chi connectivity index (χ0n) is 10.9. The summed E-state index contributed by atoms with van der Waals surface area (Å²) in [6.45, 7) is 0.875. The number of hydrogen-bond donors (Lipinski definition) is 1. The molecule has 0 bridgehead atoms. The summed E-state index contributed by atoms with van der Waals surface area (Å²) in [6.07, 6.45) is 3.18. The average Bonchev–Trinajstić information content (AvgIpc) is 2.87. The smallest absolute Gasteiger partial charge is 0.271 e. The molecule has 0 unspecified atom stereocenters. The molecule has 6 nitrogen and oxygen atoms in total. The van der Waals surface area contributed by atoms with Crippen molar-refractivity contribution in [2.45, 2.75) is 12.8 Å². The molecule has 1 aromatic carbocycles. The van der Waals surface area contributed by atoms with Crippen molar-refractivity contribution in [3.8, 4) is 11.3 Å². The number of aryl methyl sites for hydroxylation is 1. The van der Waals surface area contributed by atoms with E-state index in [4.69, 9.17) is 16.0 Å². The van der Waals surface area contributed by atoms with Crippen LogP contribution in [0, 0.1) is 10.1 Å². The van der Waals surface area contributed by atoms with Gasteiger partial charge in [-0.05, 0) is 26.1 Å². The minimum absolute atomic E-state index is 0.0689. The van der Waals surface area contributed by atoms with Crippen molar-refractivity contribution in [1.29, 1.82) is 0 Å². The Labute approximate surface area is 120 Å². The zero-order chi connectivity index (χ0) is 14.5. The van der Waals surface area contributed by atoms with Crippen LogP contribution in [0.1, 0.15) is 12.3 Å². The fraction of sp³-hybridized carbons (Fsp3) is 0.308. The van der Waals surface area contributed by atoms with Gasteiger partial charge in [0.05, 0.1) is 11.1 Å². The first-order valence-electron chi connectivity index (χ1n) is 6.15. The molecule has 0 fully saturated rings. The van der Waals surface area contributed by atoms with Crippen molar-refractivity contribution in [1.82, 2.24) is 10.3 Å². The normalized spacial score (nSPS) is 10.7. The summed E-state index contributed by atoms with van der Waals surface area (Å²) in [4.78, 5) is 14.5. The first kappa shape index (κ1) is 14.5. The first-order chi connectivity index (χ1) is 9.60. The Morgan fingerprint density at radius 3 is 2.95 bits per heavy atom. The lowest BCUT2D eigenvalue weighted by Crippen LogP contribution is -2.08. The van der Waals surface area contributed by atoms with Gasteiger partial charge in [-0.1, -0.05) is 11.6 Å². The van der Waals surface area contributed by atoms with Gasteiger partial charge in [0.25, 0.3) is 5.69 Å². The van der Waals surface area contributed by atoms with E-state index in [9.17, 15) is 10.1 Å². The van der Waals surface area contributed by atoms with Gasteiger partial charge in [0.15, 0.2) is 11.7 Å². The Bertz CT molecular complexity index is 613. The second-order valence-corrected chi connectivity index (χ2v) is 4.72. The largest absolute Gasteiger partial charge is 0.441 e. The van der Waals surface area contributed by atoms with Crippen LogP contribution >= 0.6 is 11.6 Å². The monoisotopic (exact) mass is 295 g/mol. The molecule has 106 valence electrons. The quantitative estimate of drug-likeness (QED) is 0.503. The van der Waals surface area contributed by atoms with Crippen molar-refractivity contribution in [3.05, 3.63) is 45.4 Å². The molecule has 2 aromatic rings. The highest BCUT2D eigenvalue weighted by atomic mass is 35.5. The fourth-order valence-corrected chi connectivity index (χ4v) is 2.03. The second-order valence-electron chi connectivity index (χ2n) is 4.28. The number of oxazole rings is 1. The van der Waals surface area contributed by atoms with Crippen LogP contribution < -0.4 is 5.32 Å². The Balaban J connectivity index is 2.21. The van der Waals surface area contributed by atoms with Gasteiger partial charge in [-0.25, -0.2) is 4.98 Å². The highest BCUT2D eigenvalue weighted by molar-refractivity contribution is 6.31. The molecule has 0 saturated heterocycles. The molecule has 2 rings (SSSR count). The number of non-ortho nitro benzene ring substituents is 1. The Morgan fingerprint density at radius 1 is 1.45 bits per heavy atom. The Morgan fingerprint density at radius 2 is 2.25 bits per heavy atom. The van der Waals surface area contributed by atoms with Crippen LogP contribution in [0.3, 0.4) is 0 Å². The molecule has 0 aliphatic heterocycles. The first-order valence-corrected chi connectivity index (χ1v) is 6.52. The van der Waals surface area contributed by atoms with Gasteiger partial charge in [0.1, 0.15) is 0 Å². The summed E-state index contributed by atoms with van der Waals surface area (Å²) in [5.41, 5.74) is 0.484. The standard InChI is InChI=1S/C13H14ClN3O3/c1-15-4-2-3-13-16-8-12(20-13)9-5-10(14)7-11(6-9)17(18)19/h5-8,15H,2-4H2,1H3. The van der Waals surface area contributed by atoms with Crippen molar-refractivity contribution in [2.24, 2.45) is 0 Å². The molecule has 0 aliphatic carbocycles. The predicted molar refractivity (Wildman–Crippen MR) is 75.9 cm³/mol. The maximum atomic E-state index is 10.8. The SMILES string of the molecule is CNCCCc1ncc(-c2cc(Cl)cc([N+](=O)[O-])c2)o1.